The molecule has 2 unspecified atom stereocenters. The van der Waals surface area contributed by atoms with Crippen LogP contribution in [0.4, 0.5) is 0 Å². The summed E-state index contributed by atoms with van der Waals surface area (Å²) < 4.78 is 0. The van der Waals surface area contributed by atoms with Crippen molar-refractivity contribution in [2.45, 2.75) is 70.6 Å². The normalized spacial score (nSPS) is 21.5. The Morgan fingerprint density at radius 2 is 1.58 bits per heavy atom. The summed E-state index contributed by atoms with van der Waals surface area (Å²) in [6, 6.07) is 15.1. The third kappa shape index (κ3) is 7.42. The number of halogens is 2. The summed E-state index contributed by atoms with van der Waals surface area (Å²) in [5.41, 5.74) is 4.93. The molecular weight excluding hydrogens is 454 g/mol. The Morgan fingerprint density at radius 1 is 0.962 bits per heavy atom. The smallest absolute Gasteiger partial charge is 0.172 e. The van der Waals surface area contributed by atoms with Crippen molar-refractivity contribution < 1.29 is 48.1 Å². The molecule has 2 aliphatic carbocycles. The zero-order valence-electron chi connectivity index (χ0n) is 16.2. The zero-order valence-corrected chi connectivity index (χ0v) is 21.6. The van der Waals surface area contributed by atoms with Gasteiger partial charge in [0, 0.05) is 0 Å². The van der Waals surface area contributed by atoms with Crippen molar-refractivity contribution in [3.05, 3.63) is 59.2 Å². The molecule has 0 heterocycles. The maximum atomic E-state index is 2.57. The largest absolute Gasteiger partial charge is 0.214 e. The third-order valence-corrected chi connectivity index (χ3v) is 5.80. The second kappa shape index (κ2) is 14.4. The van der Waals surface area contributed by atoms with Crippen LogP contribution in [0.25, 0.3) is 0 Å². The van der Waals surface area contributed by atoms with Gasteiger partial charge in [-0.25, -0.2) is 18.2 Å². The fraction of sp³-hybridized carbons (Fsp3) is 0.545. The fourth-order valence-electron chi connectivity index (χ4n) is 4.52. The van der Waals surface area contributed by atoms with Gasteiger partial charge in [0.25, 0.3) is 0 Å². The molecule has 0 nitrogen and oxygen atoms in total. The molecule has 144 valence electrons. The van der Waals surface area contributed by atoms with Crippen LogP contribution in [0.1, 0.15) is 80.4 Å². The Kier molecular flexibility index (Phi) is 14.6. The van der Waals surface area contributed by atoms with Crippen LogP contribution in [0.5, 0.6) is 0 Å². The molecule has 2 aromatic rings. The molecule has 0 spiro atoms. The molecule has 0 amide bonds. The van der Waals surface area contributed by atoms with Gasteiger partial charge in [0.1, 0.15) is 0 Å². The van der Waals surface area contributed by atoms with E-state index in [1.807, 2.05) is 37.2 Å². The van der Waals surface area contributed by atoms with E-state index in [9.17, 15) is 0 Å². The van der Waals surface area contributed by atoms with E-state index in [0.29, 0.717) is 0 Å². The van der Waals surface area contributed by atoms with Crippen LogP contribution in [0, 0.1) is 12.8 Å². The van der Waals surface area contributed by atoms with Crippen molar-refractivity contribution >= 4 is 6.88 Å². The van der Waals surface area contributed by atoms with Crippen LogP contribution in [0.3, 0.4) is 0 Å². The first-order valence-corrected chi connectivity index (χ1v) is 15.5. The van der Waals surface area contributed by atoms with Gasteiger partial charge in [0.2, 0.25) is 0 Å². The second-order valence-corrected chi connectivity index (χ2v) is 7.39. The Labute approximate surface area is 189 Å². The first kappa shape index (κ1) is 26.4. The van der Waals surface area contributed by atoms with Crippen LogP contribution < -0.4 is 24.8 Å². The number of hydrogen-bond donors (Lipinski definition) is 0. The van der Waals surface area contributed by atoms with E-state index in [1.165, 1.54) is 44.9 Å². The van der Waals surface area contributed by atoms with Crippen molar-refractivity contribution in [2.75, 3.05) is 0 Å². The SMILES string of the molecule is Cc1[cH-]c(C2CCCC2C)cc1C1CCCC1.[Cl-].[Cl-].[SiH2]=[Zr+2].c1cc[cH-]c1. The minimum Gasteiger partial charge on any atom is -0.214 e. The van der Waals surface area contributed by atoms with E-state index in [1.54, 1.807) is 40.0 Å². The van der Waals surface area contributed by atoms with Gasteiger partial charge in [-0.1, -0.05) is 58.3 Å². The van der Waals surface area contributed by atoms with Gasteiger partial charge in [-0.05, 0) is 18.3 Å². The van der Waals surface area contributed by atoms with E-state index in [-0.39, 0.29) is 24.8 Å². The molecule has 26 heavy (non-hydrogen) atoms. The summed E-state index contributed by atoms with van der Waals surface area (Å²) in [6.45, 7) is 6.72. The van der Waals surface area contributed by atoms with Crippen LogP contribution in [0.2, 0.25) is 0 Å². The second-order valence-electron chi connectivity index (χ2n) is 7.39. The molecule has 0 saturated heterocycles. The van der Waals surface area contributed by atoms with E-state index < -0.39 is 0 Å². The quantitative estimate of drug-likeness (QED) is 0.407. The standard InChI is InChI=1S/C17H25.C5H5.2ClH.H2Si.Zr/c1-12-6-5-9-16(12)15-10-13(2)17(11-15)14-7-3-4-8-14;1-2-4-5-3-1;;;;/h10-12,14,16H,3-9H2,1-2H3;1-5H;2*1H;1H2;/q2*-1;;;;+2/p-2. The van der Waals surface area contributed by atoms with E-state index in [0.717, 1.165) is 17.8 Å². The molecule has 4 heteroatoms. The van der Waals surface area contributed by atoms with Gasteiger partial charge in [0.05, 0.1) is 0 Å². The van der Waals surface area contributed by atoms with Gasteiger partial charge in [-0.3, -0.25) is 0 Å². The summed E-state index contributed by atoms with van der Waals surface area (Å²) in [7, 11) is 0. The zero-order chi connectivity index (χ0) is 17.4. The predicted molar refractivity (Wildman–Crippen MR) is 104 cm³/mol. The summed E-state index contributed by atoms with van der Waals surface area (Å²) in [4.78, 5) is 0. The van der Waals surface area contributed by atoms with Crippen LogP contribution >= 0.6 is 0 Å². The van der Waals surface area contributed by atoms with Crippen LogP contribution in [-0.2, 0) is 23.3 Å². The number of rotatable bonds is 2. The Balaban J connectivity index is 0.000000598. The van der Waals surface area contributed by atoms with Crippen molar-refractivity contribution in [1.82, 2.24) is 0 Å². The minimum absolute atomic E-state index is 0. The van der Waals surface area contributed by atoms with Gasteiger partial charge >= 0.3 is 30.2 Å². The van der Waals surface area contributed by atoms with E-state index in [2.05, 4.69) is 26.0 Å². The summed E-state index contributed by atoms with van der Waals surface area (Å²) >= 11 is 1.58. The van der Waals surface area contributed by atoms with Gasteiger partial charge in [-0.15, -0.1) is 0 Å². The number of hydrogen-bond acceptors (Lipinski definition) is 0. The van der Waals surface area contributed by atoms with Gasteiger partial charge in [0.15, 0.2) is 0 Å². The summed E-state index contributed by atoms with van der Waals surface area (Å²) in [5, 5.41) is 0. The van der Waals surface area contributed by atoms with Crippen LogP contribution in [-0.4, -0.2) is 6.88 Å². The fourth-order valence-corrected chi connectivity index (χ4v) is 4.52. The maximum Gasteiger partial charge on any atom is -0.172 e. The minimum atomic E-state index is 0. The Hall–Kier alpha value is 0.380. The monoisotopic (exact) mass is 484 g/mol. The van der Waals surface area contributed by atoms with Gasteiger partial charge < -0.3 is 24.8 Å². The first-order valence-electron chi connectivity index (χ1n) is 9.55. The Morgan fingerprint density at radius 3 is 2.04 bits per heavy atom. The molecular formula is C22H32Cl2SiZr-2. The molecule has 2 fully saturated rings. The molecule has 2 aliphatic rings. The molecule has 2 saturated carbocycles. The average molecular weight is 487 g/mol. The third-order valence-electron chi connectivity index (χ3n) is 5.80. The van der Waals surface area contributed by atoms with Crippen LogP contribution in [0.15, 0.2) is 42.5 Å². The average Bonchev–Trinajstić information content (AvgIpc) is 3.38. The van der Waals surface area contributed by atoms with Crippen molar-refractivity contribution in [1.29, 1.82) is 0 Å². The molecule has 0 aliphatic heterocycles. The molecule has 0 aromatic heterocycles. The van der Waals surface area contributed by atoms with Crippen molar-refractivity contribution in [2.24, 2.45) is 5.92 Å². The van der Waals surface area contributed by atoms with E-state index >= 15 is 0 Å². The van der Waals surface area contributed by atoms with Crippen molar-refractivity contribution in [3.63, 3.8) is 0 Å². The number of aryl methyl sites for hydroxylation is 1. The first-order chi connectivity index (χ1) is 11.8. The van der Waals surface area contributed by atoms with E-state index in [4.69, 9.17) is 0 Å². The molecule has 4 rings (SSSR count). The van der Waals surface area contributed by atoms with Crippen molar-refractivity contribution in [3.8, 4) is 0 Å². The maximum absolute atomic E-state index is 2.57. The predicted octanol–water partition coefficient (Wildman–Crippen LogP) is -0.230. The molecule has 0 radical (unpaired) electrons. The summed E-state index contributed by atoms with van der Waals surface area (Å²) in [5.74, 6) is 2.66. The summed E-state index contributed by atoms with van der Waals surface area (Å²) in [6.07, 6.45) is 10.1. The molecule has 0 bridgehead atoms. The molecule has 2 aromatic carbocycles. The Bertz CT molecular complexity index is 556. The van der Waals surface area contributed by atoms with Gasteiger partial charge in [-0.2, -0.15) is 41.0 Å². The molecule has 0 N–H and O–H groups in total. The topological polar surface area (TPSA) is 0 Å². The molecule has 2 atom stereocenters.